The van der Waals surface area contributed by atoms with Crippen molar-refractivity contribution in [1.82, 2.24) is 5.43 Å². The number of anilines is 1. The van der Waals surface area contributed by atoms with Gasteiger partial charge < -0.3 is 0 Å². The van der Waals surface area contributed by atoms with Gasteiger partial charge >= 0.3 is 0 Å². The van der Waals surface area contributed by atoms with Crippen molar-refractivity contribution in [3.8, 4) is 0 Å². The molecule has 3 aromatic rings. The second kappa shape index (κ2) is 5.70. The molecule has 0 amide bonds. The second-order valence-electron chi connectivity index (χ2n) is 5.23. The first kappa shape index (κ1) is 13.2. The minimum atomic E-state index is 0.195. The van der Waals surface area contributed by atoms with Gasteiger partial charge in [0.1, 0.15) is 0 Å². The number of nitrogens with zero attached hydrogens (tertiary/aromatic N) is 1. The lowest BCUT2D eigenvalue weighted by Crippen LogP contribution is -2.33. The van der Waals surface area contributed by atoms with Crippen molar-refractivity contribution in [3.05, 3.63) is 94.7 Å². The lowest BCUT2D eigenvalue weighted by atomic mass is 10.1. The maximum atomic E-state index is 3.56. The first-order valence-corrected chi connectivity index (χ1v) is 8.21. The van der Waals surface area contributed by atoms with Crippen LogP contribution in [0.5, 0.6) is 0 Å². The van der Waals surface area contributed by atoms with Gasteiger partial charge in [-0.1, -0.05) is 54.6 Å². The van der Waals surface area contributed by atoms with E-state index < -0.39 is 0 Å². The van der Waals surface area contributed by atoms with Crippen LogP contribution in [0.4, 0.5) is 5.69 Å². The molecule has 3 heteroatoms. The Labute approximate surface area is 134 Å². The Balaban J connectivity index is 1.75. The normalized spacial score (nSPS) is 17.2. The van der Waals surface area contributed by atoms with Crippen LogP contribution < -0.4 is 10.4 Å². The minimum absolute atomic E-state index is 0.195. The van der Waals surface area contributed by atoms with Crippen LogP contribution in [0.1, 0.15) is 16.5 Å². The molecule has 1 aromatic heterocycles. The molecule has 4 rings (SSSR count). The zero-order chi connectivity index (χ0) is 14.8. The number of hydrogen-bond acceptors (Lipinski definition) is 3. The predicted octanol–water partition coefficient (Wildman–Crippen LogP) is 4.86. The highest BCUT2D eigenvalue weighted by atomic mass is 32.1. The molecule has 0 saturated carbocycles. The molecule has 1 unspecified atom stereocenters. The zero-order valence-corrected chi connectivity index (χ0v) is 12.8. The molecule has 0 spiro atoms. The average Bonchev–Trinajstić information content (AvgIpc) is 3.26. The number of benzene rings is 2. The first-order chi connectivity index (χ1) is 10.9. The molecule has 0 radical (unpaired) electrons. The Morgan fingerprint density at radius 3 is 2.23 bits per heavy atom. The number of nitrogens with one attached hydrogen (secondary N) is 1. The van der Waals surface area contributed by atoms with Crippen molar-refractivity contribution < 1.29 is 0 Å². The highest BCUT2D eigenvalue weighted by Crippen LogP contribution is 2.35. The van der Waals surface area contributed by atoms with Gasteiger partial charge in [-0.05, 0) is 35.2 Å². The number of rotatable bonds is 3. The molecule has 1 N–H and O–H groups in total. The van der Waals surface area contributed by atoms with E-state index in [1.165, 1.54) is 21.8 Å². The fourth-order valence-electron chi connectivity index (χ4n) is 2.75. The van der Waals surface area contributed by atoms with Gasteiger partial charge in [0, 0.05) is 0 Å². The van der Waals surface area contributed by atoms with Crippen LogP contribution in [-0.4, -0.2) is 0 Å². The molecule has 2 heterocycles. The van der Waals surface area contributed by atoms with Crippen LogP contribution in [0.3, 0.4) is 0 Å². The maximum Gasteiger partial charge on any atom is 0.0958 e. The molecular formula is C19H16N2S. The summed E-state index contributed by atoms with van der Waals surface area (Å²) in [6, 6.07) is 25.5. The highest BCUT2D eigenvalue weighted by Gasteiger charge is 2.27. The Hall–Kier alpha value is -2.52. The van der Waals surface area contributed by atoms with Crippen LogP contribution in [0.25, 0.3) is 5.70 Å². The van der Waals surface area contributed by atoms with E-state index in [2.05, 4.69) is 88.6 Å². The van der Waals surface area contributed by atoms with E-state index in [-0.39, 0.29) is 6.04 Å². The van der Waals surface area contributed by atoms with Crippen molar-refractivity contribution in [3.63, 3.8) is 0 Å². The Morgan fingerprint density at radius 2 is 1.55 bits per heavy atom. The fraction of sp³-hybridized carbons (Fsp3) is 0.0526. The summed E-state index contributed by atoms with van der Waals surface area (Å²) in [6.45, 7) is 0. The van der Waals surface area contributed by atoms with Gasteiger partial charge in [0.15, 0.2) is 0 Å². The van der Waals surface area contributed by atoms with Crippen LogP contribution in [0.2, 0.25) is 0 Å². The third-order valence-corrected chi connectivity index (χ3v) is 4.71. The van der Waals surface area contributed by atoms with Gasteiger partial charge in [-0.25, -0.2) is 0 Å². The standard InChI is InChI=1S/C19H16N2S/c1-3-8-15(9-4-1)18-14-17(19-12-7-13-22-19)20-21(18)16-10-5-2-6-11-16/h1-14,18,20H. The third kappa shape index (κ3) is 2.40. The molecule has 0 fully saturated rings. The quantitative estimate of drug-likeness (QED) is 0.743. The van der Waals surface area contributed by atoms with E-state index in [9.17, 15) is 0 Å². The van der Waals surface area contributed by atoms with E-state index in [1.54, 1.807) is 11.3 Å². The summed E-state index contributed by atoms with van der Waals surface area (Å²) in [4.78, 5) is 1.26. The van der Waals surface area contributed by atoms with Gasteiger partial charge in [-0.3, -0.25) is 10.4 Å². The largest absolute Gasteiger partial charge is 0.296 e. The molecular weight excluding hydrogens is 288 g/mol. The maximum absolute atomic E-state index is 3.56. The van der Waals surface area contributed by atoms with Crippen LogP contribution >= 0.6 is 11.3 Å². The molecule has 2 aromatic carbocycles. The van der Waals surface area contributed by atoms with Crippen LogP contribution in [-0.2, 0) is 0 Å². The van der Waals surface area contributed by atoms with Crippen molar-refractivity contribution in [2.75, 3.05) is 5.01 Å². The first-order valence-electron chi connectivity index (χ1n) is 7.33. The van der Waals surface area contributed by atoms with Crippen molar-refractivity contribution in [2.24, 2.45) is 0 Å². The molecule has 22 heavy (non-hydrogen) atoms. The minimum Gasteiger partial charge on any atom is -0.296 e. The lowest BCUT2D eigenvalue weighted by molar-refractivity contribution is 0.724. The molecule has 1 aliphatic rings. The number of thiophene rings is 1. The monoisotopic (exact) mass is 304 g/mol. The van der Waals surface area contributed by atoms with E-state index >= 15 is 0 Å². The number of para-hydroxylation sites is 1. The van der Waals surface area contributed by atoms with Gasteiger partial charge in [0.2, 0.25) is 0 Å². The highest BCUT2D eigenvalue weighted by molar-refractivity contribution is 7.11. The summed E-state index contributed by atoms with van der Waals surface area (Å²) in [5, 5.41) is 4.34. The van der Waals surface area contributed by atoms with Crippen LogP contribution in [0.15, 0.2) is 84.3 Å². The SMILES string of the molecule is C1=C(c2cccs2)NN(c2ccccc2)C1c1ccccc1. The molecule has 1 aliphatic heterocycles. The van der Waals surface area contributed by atoms with E-state index in [0.29, 0.717) is 0 Å². The molecule has 0 saturated heterocycles. The van der Waals surface area contributed by atoms with E-state index in [1.807, 2.05) is 6.07 Å². The molecule has 108 valence electrons. The summed E-state index contributed by atoms with van der Waals surface area (Å²) in [7, 11) is 0. The van der Waals surface area contributed by atoms with Gasteiger partial charge in [-0.2, -0.15) is 0 Å². The molecule has 0 bridgehead atoms. The third-order valence-electron chi connectivity index (χ3n) is 3.81. The van der Waals surface area contributed by atoms with Gasteiger partial charge in [0.05, 0.1) is 22.3 Å². The Bertz CT molecular complexity index is 764. The fourth-order valence-corrected chi connectivity index (χ4v) is 3.45. The molecule has 1 atom stereocenters. The summed E-state index contributed by atoms with van der Waals surface area (Å²) in [5.41, 5.74) is 7.19. The van der Waals surface area contributed by atoms with Crippen molar-refractivity contribution in [2.45, 2.75) is 6.04 Å². The average molecular weight is 304 g/mol. The van der Waals surface area contributed by atoms with Crippen molar-refractivity contribution >= 4 is 22.7 Å². The Morgan fingerprint density at radius 1 is 0.818 bits per heavy atom. The summed E-state index contributed by atoms with van der Waals surface area (Å²) >= 11 is 1.76. The predicted molar refractivity (Wildman–Crippen MR) is 93.5 cm³/mol. The van der Waals surface area contributed by atoms with Crippen LogP contribution in [0, 0.1) is 0 Å². The summed E-state index contributed by atoms with van der Waals surface area (Å²) in [5.74, 6) is 0. The zero-order valence-electron chi connectivity index (χ0n) is 12.0. The van der Waals surface area contributed by atoms with Gasteiger partial charge in [0.25, 0.3) is 0 Å². The second-order valence-corrected chi connectivity index (χ2v) is 6.18. The smallest absolute Gasteiger partial charge is 0.0958 e. The molecule has 0 aliphatic carbocycles. The number of hydrogen-bond donors (Lipinski definition) is 1. The lowest BCUT2D eigenvalue weighted by Gasteiger charge is -2.27. The van der Waals surface area contributed by atoms with E-state index in [4.69, 9.17) is 0 Å². The van der Waals surface area contributed by atoms with Gasteiger partial charge in [-0.15, -0.1) is 11.3 Å². The molecule has 2 nitrogen and oxygen atoms in total. The summed E-state index contributed by atoms with van der Waals surface area (Å²) < 4.78 is 0. The summed E-state index contributed by atoms with van der Waals surface area (Å²) in [6.07, 6.45) is 2.30. The topological polar surface area (TPSA) is 15.3 Å². The number of hydrazine groups is 1. The van der Waals surface area contributed by atoms with Crippen molar-refractivity contribution in [1.29, 1.82) is 0 Å². The van der Waals surface area contributed by atoms with E-state index in [0.717, 1.165) is 0 Å². The Kier molecular flexibility index (Phi) is 3.41.